The number of rotatable bonds is 21. The van der Waals surface area contributed by atoms with Crippen LogP contribution in [0.25, 0.3) is 174 Å². The topological polar surface area (TPSA) is 0 Å². The zero-order chi connectivity index (χ0) is 103. The van der Waals surface area contributed by atoms with Crippen molar-refractivity contribution in [2.75, 3.05) is 0 Å². The van der Waals surface area contributed by atoms with Gasteiger partial charge in [-0.3, -0.25) is 0 Å². The minimum absolute atomic E-state index is 0.484. The van der Waals surface area contributed by atoms with E-state index in [1.54, 1.807) is 0 Å². The van der Waals surface area contributed by atoms with Crippen LogP contribution >= 0.6 is 0 Å². The van der Waals surface area contributed by atoms with E-state index in [2.05, 4.69) is 526 Å². The van der Waals surface area contributed by atoms with E-state index >= 15 is 0 Å². The zero-order valence-corrected chi connectivity index (χ0v) is 92.8. The molecule has 708 valence electrons. The second-order valence-electron chi connectivity index (χ2n) is 46.8. The number of hydrogen-bond acceptors (Lipinski definition) is 0. The van der Waals surface area contributed by atoms with Crippen molar-refractivity contribution < 1.29 is 0 Å². The molecule has 0 bridgehead atoms. The summed E-state index contributed by atoms with van der Waals surface area (Å²) in [5.74, 6) is 0. The van der Waals surface area contributed by atoms with E-state index < -0.39 is 0 Å². The predicted octanol–water partition coefficient (Wildman–Crippen LogP) is 27.7. The molecule has 0 aliphatic rings. The molecule has 15 heteroatoms. The molecule has 0 radical (unpaired) electrons. The highest BCUT2D eigenvalue weighted by Gasteiger charge is 2.26. The maximum absolute atomic E-state index is 2.44. The fourth-order valence-corrected chi connectivity index (χ4v) is 22.4. The Morgan fingerprint density at radius 3 is 0.462 bits per heavy atom. The van der Waals surface area contributed by atoms with Crippen LogP contribution < -0.4 is 81.9 Å². The molecule has 0 amide bonds. The van der Waals surface area contributed by atoms with Crippen molar-refractivity contribution in [3.63, 3.8) is 0 Å². The summed E-state index contributed by atoms with van der Waals surface area (Å²) >= 11 is 0. The van der Waals surface area contributed by atoms with E-state index in [0.717, 1.165) is 0 Å². The average molecular weight is 1870 g/mol. The van der Waals surface area contributed by atoms with Crippen molar-refractivity contribution in [2.45, 2.75) is 205 Å². The fourth-order valence-electron chi connectivity index (χ4n) is 22.4. The Labute approximate surface area is 876 Å². The summed E-state index contributed by atoms with van der Waals surface area (Å²) in [5, 5.41) is 28.1. The van der Waals surface area contributed by atoms with Crippen molar-refractivity contribution in [3.05, 3.63) is 322 Å². The summed E-state index contributed by atoms with van der Waals surface area (Å²) in [6.07, 6.45) is 0. The van der Waals surface area contributed by atoms with Crippen LogP contribution in [0.4, 0.5) is 0 Å². The van der Waals surface area contributed by atoms with E-state index in [0.29, 0.717) is 101 Å². The van der Waals surface area contributed by atoms with E-state index in [-0.39, 0.29) is 0 Å². The third-order valence-corrected chi connectivity index (χ3v) is 31.5. The number of hydrogen-bond donors (Lipinski definition) is 0. The van der Waals surface area contributed by atoms with Crippen LogP contribution in [0.2, 0.25) is 205 Å². The fraction of sp³-hybridized carbons (Fsp3) is 0.231. The molecule has 0 unspecified atom stereocenters. The Balaban J connectivity index is 0.000000127. The zero-order valence-electron chi connectivity index (χ0n) is 92.8. The standard InChI is InChI=1S/C36H48B6.C30H33B3.C24H22B2.2C20H20B2/c1-37(2)31-16-28(17-32(22-31)38(3)4)25-13-26(29-18-33(39(5)6)23-34(19-29)40(7)8)15-27(14-25)30-20-35(41(9)10)24-36(21-30)42(11)12;1-31(2)28-13-7-22(8-14-28)25-19-26(23-9-15-29(16-10-23)32(3)4)21-27(20-25)24-11-17-30(18-12-24)33(5)6;1-25(2)21-13-11-17-16-8-6-10-20-22(26(3)4)14-12-18(24(16)20)15-7-5-9-19(21)23(15)17;1-21(2)17-11-7-13-6-10-16-18(22(3)4)12-8-14-5-9-15(17)19(13)20(14)16;1-21(2)17-11-7-13-5-6-14-8-12-18(22(3)4)16-10-9-15(17)19(13)20(14)16/h13-24H,1-12H3;7-21H,1-6H3;5-14H,1-4H3;2*5-12H,1-4H3. The molecule has 0 spiro atoms. The van der Waals surface area contributed by atoms with E-state index in [1.807, 2.05) is 0 Å². The molecule has 0 aliphatic heterocycles. The molecule has 0 atom stereocenters. The third kappa shape index (κ3) is 21.8. The van der Waals surface area contributed by atoms with Crippen molar-refractivity contribution >= 4 is 290 Å². The summed E-state index contributed by atoms with van der Waals surface area (Å²) in [5.41, 5.74) is 36.8. The van der Waals surface area contributed by atoms with Gasteiger partial charge >= 0.3 is 0 Å². The smallest absolute Gasteiger partial charge is 0.0819 e. The van der Waals surface area contributed by atoms with Crippen LogP contribution in [0.15, 0.2) is 322 Å². The van der Waals surface area contributed by atoms with Crippen molar-refractivity contribution in [1.82, 2.24) is 0 Å². The van der Waals surface area contributed by atoms with Gasteiger partial charge in [-0.2, -0.15) is 0 Å². The van der Waals surface area contributed by atoms with Crippen molar-refractivity contribution in [1.29, 1.82) is 0 Å². The molecule has 0 aliphatic carbocycles. The maximum atomic E-state index is 2.44. The first-order valence-corrected chi connectivity index (χ1v) is 54.9. The summed E-state index contributed by atoms with van der Waals surface area (Å²) in [6, 6.07) is 123. The first-order chi connectivity index (χ1) is 69.3. The first kappa shape index (κ1) is 104. The van der Waals surface area contributed by atoms with Gasteiger partial charge in [-0.05, 0) is 211 Å². The Hall–Kier alpha value is -12.0. The average Bonchev–Trinajstić information content (AvgIpc) is 0.710. The van der Waals surface area contributed by atoms with Gasteiger partial charge in [-0.25, -0.2) is 0 Å². The van der Waals surface area contributed by atoms with Gasteiger partial charge in [0.2, 0.25) is 0 Å². The lowest BCUT2D eigenvalue weighted by atomic mass is 9.44. The lowest BCUT2D eigenvalue weighted by Gasteiger charge is -2.19. The minimum Gasteiger partial charge on any atom is -0.0819 e. The molecule has 21 aromatic rings. The molecule has 0 aromatic heterocycles. The number of benzene rings is 21. The van der Waals surface area contributed by atoms with E-state index in [4.69, 9.17) is 0 Å². The van der Waals surface area contributed by atoms with Crippen LogP contribution in [0, 0.1) is 0 Å². The molecule has 145 heavy (non-hydrogen) atoms. The monoisotopic (exact) mass is 1870 g/mol. The normalized spacial score (nSPS) is 11.2. The SMILES string of the molecule is CB(C)c1cc(B(C)C)cc(-c2cc(-c3cc(B(C)C)cc(B(C)C)c3)cc(-c3cc(B(C)C)cc(B(C)C)c3)c2)c1.CB(C)c1ccc(-c2cc(-c3ccc(B(C)C)cc3)cc(-c3ccc(B(C)C)cc3)c2)cc1.CB(C)c1ccc2c3cccc4c(B(C)C)ccc(c5cccc1c52)c43.CB(C)c1ccc2ccc3c(B(C)C)ccc4ccc1c2c43.CB(C)c1ccc2ccc3ccc(B(C)C)c4ccc1c2c34. The number of fused-ring (bicyclic) bond motifs is 2. The Bertz CT molecular complexity index is 7390. The highest BCUT2D eigenvalue weighted by atomic mass is 14.2. The van der Waals surface area contributed by atoms with Gasteiger partial charge in [-0.1, -0.05) is 572 Å². The van der Waals surface area contributed by atoms with Gasteiger partial charge in [0.15, 0.2) is 101 Å². The van der Waals surface area contributed by atoms with Crippen molar-refractivity contribution in [3.8, 4) is 66.8 Å². The molecule has 21 rings (SSSR count). The van der Waals surface area contributed by atoms with E-state index in [1.165, 1.54) is 256 Å². The molecule has 0 heterocycles. The first-order valence-electron chi connectivity index (χ1n) is 54.9. The second kappa shape index (κ2) is 43.9. The highest BCUT2D eigenvalue weighted by Crippen LogP contribution is 2.42. The molecular formula is C130H143B15. The van der Waals surface area contributed by atoms with Gasteiger partial charge in [0.25, 0.3) is 0 Å². The third-order valence-electron chi connectivity index (χ3n) is 31.5. The molecular weight excluding hydrogens is 1720 g/mol. The Kier molecular flexibility index (Phi) is 31.6. The molecule has 0 saturated heterocycles. The van der Waals surface area contributed by atoms with Crippen LogP contribution in [-0.4, -0.2) is 101 Å². The molecule has 0 saturated carbocycles. The minimum atomic E-state index is 0.484. The largest absolute Gasteiger partial charge is 0.170 e. The van der Waals surface area contributed by atoms with Crippen molar-refractivity contribution in [2.24, 2.45) is 0 Å². The summed E-state index contributed by atoms with van der Waals surface area (Å²) in [7, 11) is 0. The highest BCUT2D eigenvalue weighted by molar-refractivity contribution is 6.80. The Morgan fingerprint density at radius 2 is 0.255 bits per heavy atom. The van der Waals surface area contributed by atoms with E-state index in [9.17, 15) is 0 Å². The van der Waals surface area contributed by atoms with Crippen LogP contribution in [0.3, 0.4) is 0 Å². The molecule has 21 aromatic carbocycles. The molecule has 0 nitrogen and oxygen atoms in total. The second-order valence-corrected chi connectivity index (χ2v) is 46.8. The van der Waals surface area contributed by atoms with Gasteiger partial charge in [0, 0.05) is 0 Å². The maximum Gasteiger partial charge on any atom is 0.170 e. The lowest BCUT2D eigenvalue weighted by molar-refractivity contribution is 1.57. The predicted molar refractivity (Wildman–Crippen MR) is 690 cm³/mol. The Morgan fingerprint density at radius 1 is 0.103 bits per heavy atom. The van der Waals surface area contributed by atoms with Gasteiger partial charge in [0.05, 0.1) is 0 Å². The molecule has 0 N–H and O–H groups in total. The van der Waals surface area contributed by atoms with Gasteiger partial charge < -0.3 is 0 Å². The summed E-state index contributed by atoms with van der Waals surface area (Å²) in [6.45, 7) is 76.4. The summed E-state index contributed by atoms with van der Waals surface area (Å²) in [4.78, 5) is 0. The van der Waals surface area contributed by atoms with Crippen LogP contribution in [0.5, 0.6) is 0 Å². The van der Waals surface area contributed by atoms with Gasteiger partial charge in [0.1, 0.15) is 0 Å². The summed E-state index contributed by atoms with van der Waals surface area (Å²) < 4.78 is 0. The quantitative estimate of drug-likeness (QED) is 0.0382. The van der Waals surface area contributed by atoms with Gasteiger partial charge in [-0.15, -0.1) is 0 Å². The van der Waals surface area contributed by atoms with Crippen LogP contribution in [-0.2, 0) is 0 Å². The van der Waals surface area contributed by atoms with Crippen LogP contribution in [0.1, 0.15) is 0 Å². The lowest BCUT2D eigenvalue weighted by Crippen LogP contribution is -2.32. The molecule has 0 fully saturated rings.